The third kappa shape index (κ3) is 5.30. The number of carbonyl (C=O) groups is 1. The van der Waals surface area contributed by atoms with Crippen LogP contribution in [0.5, 0.6) is 5.75 Å². The van der Waals surface area contributed by atoms with Gasteiger partial charge in [-0.3, -0.25) is 4.79 Å². The molecule has 0 aliphatic rings. The molecular formula is C18H22N2O2S. The van der Waals surface area contributed by atoms with E-state index in [0.717, 1.165) is 17.1 Å². The molecule has 2 aromatic carbocycles. The summed E-state index contributed by atoms with van der Waals surface area (Å²) in [7, 11) is 3.97. The van der Waals surface area contributed by atoms with E-state index in [2.05, 4.69) is 5.32 Å². The first-order chi connectivity index (χ1) is 11.1. The summed E-state index contributed by atoms with van der Waals surface area (Å²) in [6.07, 6.45) is 2.01. The second kappa shape index (κ2) is 8.60. The Labute approximate surface area is 141 Å². The number of hydrogen-bond donors (Lipinski definition) is 1. The molecule has 0 saturated heterocycles. The van der Waals surface area contributed by atoms with Crippen LogP contribution in [0.4, 0.5) is 5.69 Å². The van der Waals surface area contributed by atoms with Gasteiger partial charge in [0.1, 0.15) is 12.4 Å². The number of likely N-dealkylation sites (N-methyl/N-ethyl adjacent to an activating group) is 1. The Hall–Kier alpha value is -1.98. The van der Waals surface area contributed by atoms with Crippen molar-refractivity contribution in [1.82, 2.24) is 4.90 Å². The number of amides is 1. The number of nitrogens with one attached hydrogen (secondary N) is 1. The van der Waals surface area contributed by atoms with E-state index in [0.29, 0.717) is 17.9 Å². The summed E-state index contributed by atoms with van der Waals surface area (Å²) in [5.41, 5.74) is 1.32. The molecule has 122 valence electrons. The maximum Gasteiger partial charge on any atom is 0.259 e. The van der Waals surface area contributed by atoms with Crippen LogP contribution < -0.4 is 10.1 Å². The second-order valence-corrected chi connectivity index (χ2v) is 6.21. The fourth-order valence-corrected chi connectivity index (χ4v) is 2.48. The molecule has 0 saturated carbocycles. The Bertz CT molecular complexity index is 659. The number of rotatable bonds is 7. The van der Waals surface area contributed by atoms with Gasteiger partial charge in [0.05, 0.1) is 5.56 Å². The van der Waals surface area contributed by atoms with Gasteiger partial charge in [0.2, 0.25) is 0 Å². The predicted molar refractivity (Wildman–Crippen MR) is 96.7 cm³/mol. The molecule has 1 N–H and O–H groups in total. The summed E-state index contributed by atoms with van der Waals surface area (Å²) < 4.78 is 5.75. The van der Waals surface area contributed by atoms with Gasteiger partial charge in [-0.15, -0.1) is 11.8 Å². The molecule has 0 fully saturated rings. The predicted octanol–water partition coefficient (Wildman–Crippen LogP) is 3.60. The maximum absolute atomic E-state index is 12.5. The van der Waals surface area contributed by atoms with E-state index in [1.54, 1.807) is 17.8 Å². The van der Waals surface area contributed by atoms with Crippen molar-refractivity contribution in [2.45, 2.75) is 4.90 Å². The SMILES string of the molecule is CSc1cccc(NC(=O)c2ccccc2OCCN(C)C)c1. The van der Waals surface area contributed by atoms with Crippen molar-refractivity contribution in [2.24, 2.45) is 0 Å². The molecule has 1 amide bonds. The van der Waals surface area contributed by atoms with E-state index in [4.69, 9.17) is 4.74 Å². The topological polar surface area (TPSA) is 41.6 Å². The number of anilines is 1. The minimum absolute atomic E-state index is 0.163. The van der Waals surface area contributed by atoms with Gasteiger partial charge in [-0.2, -0.15) is 0 Å². The molecule has 5 heteroatoms. The Morgan fingerprint density at radius 3 is 2.70 bits per heavy atom. The highest BCUT2D eigenvalue weighted by molar-refractivity contribution is 7.98. The van der Waals surface area contributed by atoms with Crippen molar-refractivity contribution in [2.75, 3.05) is 38.8 Å². The first-order valence-corrected chi connectivity index (χ1v) is 8.64. The van der Waals surface area contributed by atoms with Gasteiger partial charge in [-0.25, -0.2) is 0 Å². The zero-order valence-corrected chi connectivity index (χ0v) is 14.5. The molecular weight excluding hydrogens is 308 g/mol. The van der Waals surface area contributed by atoms with E-state index < -0.39 is 0 Å². The van der Waals surface area contributed by atoms with Gasteiger partial charge in [0, 0.05) is 17.1 Å². The van der Waals surface area contributed by atoms with Gasteiger partial charge >= 0.3 is 0 Å². The molecule has 2 aromatic rings. The third-order valence-electron chi connectivity index (χ3n) is 3.26. The minimum Gasteiger partial charge on any atom is -0.491 e. The Balaban J connectivity index is 2.09. The third-order valence-corrected chi connectivity index (χ3v) is 3.98. The number of benzene rings is 2. The van der Waals surface area contributed by atoms with Crippen molar-refractivity contribution < 1.29 is 9.53 Å². The zero-order valence-electron chi connectivity index (χ0n) is 13.7. The van der Waals surface area contributed by atoms with Gasteiger partial charge in [0.15, 0.2) is 0 Å². The molecule has 0 bridgehead atoms. The van der Waals surface area contributed by atoms with Gasteiger partial charge in [-0.1, -0.05) is 18.2 Å². The molecule has 0 unspecified atom stereocenters. The maximum atomic E-state index is 12.5. The minimum atomic E-state index is -0.163. The fraction of sp³-hybridized carbons (Fsp3) is 0.278. The van der Waals surface area contributed by atoms with Crippen LogP contribution in [0, 0.1) is 0 Å². The summed E-state index contributed by atoms with van der Waals surface area (Å²) in [5, 5.41) is 2.93. The average Bonchev–Trinajstić information content (AvgIpc) is 2.55. The lowest BCUT2D eigenvalue weighted by Crippen LogP contribution is -2.20. The molecule has 4 nitrogen and oxygen atoms in total. The monoisotopic (exact) mass is 330 g/mol. The highest BCUT2D eigenvalue weighted by Gasteiger charge is 2.12. The van der Waals surface area contributed by atoms with Gasteiger partial charge in [0.25, 0.3) is 5.91 Å². The summed E-state index contributed by atoms with van der Waals surface area (Å²) in [5.74, 6) is 0.441. The highest BCUT2D eigenvalue weighted by atomic mass is 32.2. The molecule has 0 heterocycles. The number of hydrogen-bond acceptors (Lipinski definition) is 4. The summed E-state index contributed by atoms with van der Waals surface area (Å²) >= 11 is 1.64. The number of carbonyl (C=O) groups excluding carboxylic acids is 1. The lowest BCUT2D eigenvalue weighted by Gasteiger charge is -2.14. The highest BCUT2D eigenvalue weighted by Crippen LogP contribution is 2.22. The van der Waals surface area contributed by atoms with Crippen LogP contribution in [0.15, 0.2) is 53.4 Å². The van der Waals surface area contributed by atoms with E-state index >= 15 is 0 Å². The van der Waals surface area contributed by atoms with Gasteiger partial charge < -0.3 is 15.0 Å². The Kier molecular flexibility index (Phi) is 6.50. The van der Waals surface area contributed by atoms with Crippen molar-refractivity contribution in [3.8, 4) is 5.75 Å². The molecule has 0 aliphatic heterocycles. The van der Waals surface area contributed by atoms with Crippen LogP contribution in [-0.2, 0) is 0 Å². The summed E-state index contributed by atoms with van der Waals surface area (Å²) in [6, 6.07) is 15.1. The summed E-state index contributed by atoms with van der Waals surface area (Å²) in [6.45, 7) is 1.34. The van der Waals surface area contributed by atoms with Crippen LogP contribution in [-0.4, -0.2) is 44.3 Å². The van der Waals surface area contributed by atoms with Crippen molar-refractivity contribution in [1.29, 1.82) is 0 Å². The standard InChI is InChI=1S/C18H22N2O2S/c1-20(2)11-12-22-17-10-5-4-9-16(17)18(21)19-14-7-6-8-15(13-14)23-3/h4-10,13H,11-12H2,1-3H3,(H,19,21). The molecule has 0 aliphatic carbocycles. The van der Waals surface area contributed by atoms with Crippen molar-refractivity contribution in [3.05, 3.63) is 54.1 Å². The van der Waals surface area contributed by atoms with E-state index in [1.807, 2.05) is 67.7 Å². The van der Waals surface area contributed by atoms with Crippen LogP contribution in [0.3, 0.4) is 0 Å². The van der Waals surface area contributed by atoms with Crippen molar-refractivity contribution in [3.63, 3.8) is 0 Å². The lowest BCUT2D eigenvalue weighted by molar-refractivity contribution is 0.102. The number of thioether (sulfide) groups is 1. The van der Waals surface area contributed by atoms with Crippen LogP contribution >= 0.6 is 11.8 Å². The molecule has 0 spiro atoms. The fourth-order valence-electron chi connectivity index (χ4n) is 2.02. The smallest absolute Gasteiger partial charge is 0.259 e. The Morgan fingerprint density at radius 2 is 1.96 bits per heavy atom. The van der Waals surface area contributed by atoms with E-state index in [9.17, 15) is 4.79 Å². The van der Waals surface area contributed by atoms with Crippen molar-refractivity contribution >= 4 is 23.4 Å². The normalized spacial score (nSPS) is 10.6. The number of nitrogens with zero attached hydrogens (tertiary/aromatic N) is 1. The van der Waals surface area contributed by atoms with Crippen LogP contribution in [0.25, 0.3) is 0 Å². The zero-order chi connectivity index (χ0) is 16.7. The largest absolute Gasteiger partial charge is 0.491 e. The summed E-state index contributed by atoms with van der Waals surface area (Å²) in [4.78, 5) is 15.7. The van der Waals surface area contributed by atoms with E-state index in [-0.39, 0.29) is 5.91 Å². The molecule has 0 atom stereocenters. The van der Waals surface area contributed by atoms with E-state index in [1.165, 1.54) is 0 Å². The second-order valence-electron chi connectivity index (χ2n) is 5.33. The average molecular weight is 330 g/mol. The first-order valence-electron chi connectivity index (χ1n) is 7.42. The Morgan fingerprint density at radius 1 is 1.17 bits per heavy atom. The quantitative estimate of drug-likeness (QED) is 0.788. The van der Waals surface area contributed by atoms with Crippen LogP contribution in [0.1, 0.15) is 10.4 Å². The number of ether oxygens (including phenoxy) is 1. The molecule has 0 radical (unpaired) electrons. The number of para-hydroxylation sites is 1. The lowest BCUT2D eigenvalue weighted by atomic mass is 10.2. The van der Waals surface area contributed by atoms with Crippen LogP contribution in [0.2, 0.25) is 0 Å². The first kappa shape index (κ1) is 17.4. The van der Waals surface area contributed by atoms with Gasteiger partial charge in [-0.05, 0) is 50.7 Å². The molecule has 23 heavy (non-hydrogen) atoms. The molecule has 2 rings (SSSR count). The molecule has 0 aromatic heterocycles.